The summed E-state index contributed by atoms with van der Waals surface area (Å²) in [6.07, 6.45) is 0. The quantitative estimate of drug-likeness (QED) is 0.429. The van der Waals surface area contributed by atoms with E-state index >= 15 is 0 Å². The van der Waals surface area contributed by atoms with Gasteiger partial charge in [0.2, 0.25) is 0 Å². The van der Waals surface area contributed by atoms with Crippen LogP contribution < -0.4 is 5.32 Å². The van der Waals surface area contributed by atoms with Crippen LogP contribution in [-0.2, 0) is 28.8 Å². The first-order chi connectivity index (χ1) is 20.1. The van der Waals surface area contributed by atoms with Crippen molar-refractivity contribution in [3.8, 4) is 0 Å². The van der Waals surface area contributed by atoms with Gasteiger partial charge in [-0.2, -0.15) is 0 Å². The average molecular weight is 598 g/mol. The molecule has 3 aliphatic rings. The van der Waals surface area contributed by atoms with E-state index in [1.54, 1.807) is 13.8 Å². The van der Waals surface area contributed by atoms with E-state index in [0.717, 1.165) is 12.2 Å². The summed E-state index contributed by atoms with van der Waals surface area (Å²) >= 11 is 0. The summed E-state index contributed by atoms with van der Waals surface area (Å²) in [4.78, 5) is 75.7. The molecule has 8 heteroatoms. The van der Waals surface area contributed by atoms with E-state index in [-0.39, 0.29) is 41.3 Å². The predicted octanol–water partition coefficient (Wildman–Crippen LogP) is 4.78. The molecule has 43 heavy (non-hydrogen) atoms. The Morgan fingerprint density at radius 3 is 1.28 bits per heavy atom. The zero-order valence-corrected chi connectivity index (χ0v) is 27.5. The second kappa shape index (κ2) is 15.1. The molecular weight excluding hydrogens is 546 g/mol. The van der Waals surface area contributed by atoms with Crippen LogP contribution in [0.15, 0.2) is 24.3 Å². The van der Waals surface area contributed by atoms with Gasteiger partial charge in [-0.15, -0.1) is 0 Å². The number of aryl methyl sites for hydroxylation is 1. The average Bonchev–Trinajstić information content (AvgIpc) is 3.42. The van der Waals surface area contributed by atoms with Gasteiger partial charge in [0.15, 0.2) is 0 Å². The largest absolute Gasteiger partial charge is 0.396 e. The summed E-state index contributed by atoms with van der Waals surface area (Å²) < 4.78 is 0. The van der Waals surface area contributed by atoms with Gasteiger partial charge in [0, 0.05) is 54.3 Å². The summed E-state index contributed by atoms with van der Waals surface area (Å²) in [5.41, 5.74) is 2.43. The normalized spacial score (nSPS) is 33.5. The van der Waals surface area contributed by atoms with Gasteiger partial charge in [0.05, 0.1) is 17.8 Å². The Morgan fingerprint density at radius 1 is 0.605 bits per heavy atom. The highest BCUT2D eigenvalue weighted by Crippen LogP contribution is 2.50. The topological polar surface area (TPSA) is 135 Å². The Morgan fingerprint density at radius 2 is 0.953 bits per heavy atom. The number of carbonyl (C=O) groups is 6. The van der Waals surface area contributed by atoms with Gasteiger partial charge in [0.1, 0.15) is 34.7 Å². The van der Waals surface area contributed by atoms with E-state index in [1.165, 1.54) is 26.3 Å². The minimum atomic E-state index is -0.983. The molecule has 3 fully saturated rings. The lowest BCUT2D eigenvalue weighted by Gasteiger charge is -2.29. The second-order valence-electron chi connectivity index (χ2n) is 12.6. The van der Waals surface area contributed by atoms with Crippen molar-refractivity contribution in [2.24, 2.45) is 65.1 Å². The van der Waals surface area contributed by atoms with Crippen molar-refractivity contribution < 1.29 is 33.9 Å². The van der Waals surface area contributed by atoms with E-state index in [1.807, 2.05) is 13.8 Å². The second-order valence-corrected chi connectivity index (χ2v) is 12.6. The molecule has 238 valence electrons. The number of benzene rings is 1. The predicted molar refractivity (Wildman–Crippen MR) is 166 cm³/mol. The number of rotatable bonds is 7. The molecule has 1 aromatic carbocycles. The number of carbonyl (C=O) groups excluding carboxylic acids is 6. The lowest BCUT2D eigenvalue weighted by atomic mass is 9.70. The third-order valence-electron chi connectivity index (χ3n) is 9.95. The van der Waals surface area contributed by atoms with E-state index in [4.69, 9.17) is 5.11 Å². The molecule has 3 saturated carbocycles. The molecule has 0 aliphatic heterocycles. The minimum Gasteiger partial charge on any atom is -0.396 e. The Labute approximate surface area is 256 Å². The molecule has 4 rings (SSSR count). The molecule has 0 aromatic heterocycles. The van der Waals surface area contributed by atoms with Crippen LogP contribution in [0.3, 0.4) is 0 Å². The third-order valence-corrected chi connectivity index (χ3v) is 9.95. The highest BCUT2D eigenvalue weighted by atomic mass is 16.3. The molecule has 10 unspecified atom stereocenters. The van der Waals surface area contributed by atoms with Crippen molar-refractivity contribution in [1.82, 2.24) is 0 Å². The zero-order valence-electron chi connectivity index (χ0n) is 27.5. The number of ketones is 6. The third kappa shape index (κ3) is 7.22. The number of hydrogen-bond acceptors (Lipinski definition) is 8. The van der Waals surface area contributed by atoms with Gasteiger partial charge in [-0.05, 0) is 51.7 Å². The fourth-order valence-electron chi connectivity index (χ4n) is 6.67. The highest BCUT2D eigenvalue weighted by Gasteiger charge is 2.63. The van der Waals surface area contributed by atoms with Crippen LogP contribution >= 0.6 is 0 Å². The summed E-state index contributed by atoms with van der Waals surface area (Å²) in [6.45, 7) is 19.2. The Hall–Kier alpha value is -3.00. The van der Waals surface area contributed by atoms with E-state index in [0.29, 0.717) is 11.8 Å². The van der Waals surface area contributed by atoms with Crippen LogP contribution in [0.2, 0.25) is 0 Å². The van der Waals surface area contributed by atoms with Crippen LogP contribution in [0.5, 0.6) is 0 Å². The van der Waals surface area contributed by atoms with E-state index < -0.39 is 53.3 Å². The van der Waals surface area contributed by atoms with Crippen molar-refractivity contribution in [2.45, 2.75) is 69.2 Å². The number of aliphatic hydroxyl groups is 1. The van der Waals surface area contributed by atoms with Crippen molar-refractivity contribution in [2.75, 3.05) is 18.5 Å². The maximum absolute atomic E-state index is 12.9. The monoisotopic (exact) mass is 597 g/mol. The standard InChI is InChI=1S/C20H24O6.C13H21NO.C2H6/c1-6-11(17(23)8(3)15(6)21)13-14(20(26)10(5)19(13)25)12-7(2)16(22)9(4)18(12)24;1-10-4-6-13(7-5-10)14-8-11(2)12(3)9-15;1-2/h6-14H,1-5H3;4-7,11-12,14-15H,8-9H2,1-3H3;1-2H3. The first-order valence-corrected chi connectivity index (χ1v) is 15.8. The summed E-state index contributed by atoms with van der Waals surface area (Å²) in [5.74, 6) is -8.59. The molecular formula is C35H51NO7. The van der Waals surface area contributed by atoms with Gasteiger partial charge < -0.3 is 10.4 Å². The molecule has 0 bridgehead atoms. The zero-order chi connectivity index (χ0) is 32.9. The molecule has 0 heterocycles. The lowest BCUT2D eigenvalue weighted by molar-refractivity contribution is -0.137. The first kappa shape index (κ1) is 36.2. The molecule has 3 aliphatic carbocycles. The van der Waals surface area contributed by atoms with Crippen LogP contribution in [0.1, 0.15) is 67.9 Å². The van der Waals surface area contributed by atoms with Crippen molar-refractivity contribution in [3.05, 3.63) is 29.8 Å². The van der Waals surface area contributed by atoms with Crippen molar-refractivity contribution in [1.29, 1.82) is 0 Å². The highest BCUT2D eigenvalue weighted by molar-refractivity contribution is 6.20. The summed E-state index contributed by atoms with van der Waals surface area (Å²) in [7, 11) is 0. The number of nitrogens with one attached hydrogen (secondary N) is 1. The Bertz CT molecular complexity index is 1140. The summed E-state index contributed by atoms with van der Waals surface area (Å²) in [5, 5.41) is 12.4. The number of anilines is 1. The van der Waals surface area contributed by atoms with Crippen LogP contribution in [0.25, 0.3) is 0 Å². The molecule has 0 radical (unpaired) electrons. The van der Waals surface area contributed by atoms with Crippen LogP contribution in [0.4, 0.5) is 5.69 Å². The van der Waals surface area contributed by atoms with Crippen LogP contribution in [0, 0.1) is 72.0 Å². The maximum atomic E-state index is 12.9. The smallest absolute Gasteiger partial charge is 0.147 e. The molecule has 0 amide bonds. The Balaban J connectivity index is 0.000000324. The SMILES string of the molecule is CC.CC1C(=O)C(C)C(C2C(=O)C(C)C(=O)C2C2C(=O)C(C)C(=O)C2C)C1=O.Cc1ccc(NCC(C)C(C)CO)cc1. The van der Waals surface area contributed by atoms with Crippen molar-refractivity contribution in [3.63, 3.8) is 0 Å². The van der Waals surface area contributed by atoms with Gasteiger partial charge in [0.25, 0.3) is 0 Å². The fraction of sp³-hybridized carbons (Fsp3) is 0.657. The lowest BCUT2D eigenvalue weighted by Crippen LogP contribution is -2.39. The summed E-state index contributed by atoms with van der Waals surface area (Å²) in [6, 6.07) is 8.38. The molecule has 0 saturated heterocycles. The van der Waals surface area contributed by atoms with Gasteiger partial charge >= 0.3 is 0 Å². The molecule has 8 nitrogen and oxygen atoms in total. The van der Waals surface area contributed by atoms with E-state index in [9.17, 15) is 28.8 Å². The molecule has 0 spiro atoms. The fourth-order valence-corrected chi connectivity index (χ4v) is 6.67. The van der Waals surface area contributed by atoms with Crippen molar-refractivity contribution >= 4 is 40.4 Å². The molecule has 1 aromatic rings. The first-order valence-electron chi connectivity index (χ1n) is 15.8. The van der Waals surface area contributed by atoms with Gasteiger partial charge in [-0.25, -0.2) is 0 Å². The van der Waals surface area contributed by atoms with Gasteiger partial charge in [-0.3, -0.25) is 28.8 Å². The number of Topliss-reactive ketones (excluding diaryl/α,β-unsaturated/α-hetero) is 6. The number of hydrogen-bond donors (Lipinski definition) is 2. The Kier molecular flexibility index (Phi) is 12.7. The van der Waals surface area contributed by atoms with E-state index in [2.05, 4.69) is 50.4 Å². The van der Waals surface area contributed by atoms with Crippen LogP contribution in [-0.4, -0.2) is 53.0 Å². The van der Waals surface area contributed by atoms with Gasteiger partial charge in [-0.1, -0.05) is 59.2 Å². The molecule has 10 atom stereocenters. The minimum absolute atomic E-state index is 0.228. The number of aliphatic hydroxyl groups excluding tert-OH is 1. The molecule has 2 N–H and O–H groups in total. The maximum Gasteiger partial charge on any atom is 0.147 e.